The average Bonchev–Trinajstić information content (AvgIpc) is 3.39. The zero-order valence-corrected chi connectivity index (χ0v) is 16.1. The molecule has 0 aliphatic carbocycles. The Bertz CT molecular complexity index is 1210. The van der Waals surface area contributed by atoms with Crippen molar-refractivity contribution in [1.29, 1.82) is 5.26 Å². The Morgan fingerprint density at radius 3 is 2.62 bits per heavy atom. The van der Waals surface area contributed by atoms with Gasteiger partial charge in [0.2, 0.25) is 0 Å². The number of nitrogens with zero attached hydrogens (tertiary/aromatic N) is 2. The molecule has 0 saturated carbocycles. The third kappa shape index (κ3) is 3.23. The topological polar surface area (TPSA) is 80.2 Å². The van der Waals surface area contributed by atoms with Crippen LogP contribution in [0.25, 0.3) is 22.2 Å². The number of amides is 1. The highest BCUT2D eigenvalue weighted by atomic mass is 16.5. The van der Waals surface area contributed by atoms with Crippen molar-refractivity contribution >= 4 is 22.5 Å². The van der Waals surface area contributed by atoms with Crippen molar-refractivity contribution in [1.82, 2.24) is 4.57 Å². The Morgan fingerprint density at radius 2 is 2.00 bits per heavy atom. The van der Waals surface area contributed by atoms with Gasteiger partial charge in [-0.05, 0) is 48.9 Å². The van der Waals surface area contributed by atoms with E-state index in [1.165, 1.54) is 6.26 Å². The second-order valence-electron chi connectivity index (χ2n) is 6.47. The molecular formula is C23H19N3O3. The molecular weight excluding hydrogens is 366 g/mol. The summed E-state index contributed by atoms with van der Waals surface area (Å²) in [5.41, 5.74) is 3.97. The largest absolute Gasteiger partial charge is 0.497 e. The molecule has 0 fully saturated rings. The number of aromatic nitrogens is 1. The van der Waals surface area contributed by atoms with Crippen LogP contribution in [0.3, 0.4) is 0 Å². The molecule has 0 bridgehead atoms. The Balaban J connectivity index is 1.74. The Labute approximate surface area is 167 Å². The highest BCUT2D eigenvalue weighted by molar-refractivity contribution is 6.02. The Morgan fingerprint density at radius 1 is 1.21 bits per heavy atom. The monoisotopic (exact) mass is 385 g/mol. The second-order valence-corrected chi connectivity index (χ2v) is 6.47. The van der Waals surface area contributed by atoms with Gasteiger partial charge in [-0.15, -0.1) is 0 Å². The van der Waals surface area contributed by atoms with E-state index in [4.69, 9.17) is 9.15 Å². The van der Waals surface area contributed by atoms with Gasteiger partial charge in [0.1, 0.15) is 11.8 Å². The van der Waals surface area contributed by atoms with E-state index in [2.05, 4.69) is 16.0 Å². The van der Waals surface area contributed by atoms with Crippen molar-refractivity contribution in [2.24, 2.45) is 0 Å². The quantitative estimate of drug-likeness (QED) is 0.521. The minimum Gasteiger partial charge on any atom is -0.497 e. The summed E-state index contributed by atoms with van der Waals surface area (Å²) in [4.78, 5) is 12.1. The number of hydrogen-bond acceptors (Lipinski definition) is 4. The van der Waals surface area contributed by atoms with Crippen LogP contribution in [0.5, 0.6) is 5.75 Å². The van der Waals surface area contributed by atoms with Crippen molar-refractivity contribution in [2.45, 2.75) is 13.5 Å². The van der Waals surface area contributed by atoms with Crippen LogP contribution in [0.15, 0.2) is 65.3 Å². The molecule has 144 valence electrons. The molecule has 2 heterocycles. The summed E-state index contributed by atoms with van der Waals surface area (Å²) in [5.74, 6) is 0.688. The van der Waals surface area contributed by atoms with Crippen LogP contribution in [0.4, 0.5) is 5.69 Å². The van der Waals surface area contributed by atoms with Crippen molar-refractivity contribution in [3.63, 3.8) is 0 Å². The summed E-state index contributed by atoms with van der Waals surface area (Å²) in [6.07, 6.45) is 1.46. The van der Waals surface area contributed by atoms with Gasteiger partial charge in [0.15, 0.2) is 5.76 Å². The van der Waals surface area contributed by atoms with Gasteiger partial charge in [-0.2, -0.15) is 5.26 Å². The molecule has 0 aliphatic rings. The summed E-state index contributed by atoms with van der Waals surface area (Å²) in [6.45, 7) is 2.75. The third-order valence-corrected chi connectivity index (χ3v) is 4.86. The molecule has 2 aromatic carbocycles. The van der Waals surface area contributed by atoms with Gasteiger partial charge in [0.25, 0.3) is 5.91 Å². The van der Waals surface area contributed by atoms with Gasteiger partial charge in [-0.25, -0.2) is 0 Å². The van der Waals surface area contributed by atoms with Gasteiger partial charge >= 0.3 is 0 Å². The number of rotatable bonds is 5. The average molecular weight is 385 g/mol. The molecule has 1 N–H and O–H groups in total. The fourth-order valence-electron chi connectivity index (χ4n) is 3.51. The molecule has 0 atom stereocenters. The minimum atomic E-state index is -0.310. The van der Waals surface area contributed by atoms with E-state index >= 15 is 0 Å². The highest BCUT2D eigenvalue weighted by Crippen LogP contribution is 2.35. The van der Waals surface area contributed by atoms with E-state index in [0.29, 0.717) is 17.8 Å². The molecule has 1 amide bonds. The first-order chi connectivity index (χ1) is 14.2. The number of ether oxygens (including phenoxy) is 1. The first kappa shape index (κ1) is 18.4. The lowest BCUT2D eigenvalue weighted by Gasteiger charge is -2.10. The van der Waals surface area contributed by atoms with Gasteiger partial charge in [-0.1, -0.05) is 12.1 Å². The SMILES string of the molecule is CCn1c(-c2ccc(NC(=O)c3ccco3)cc2)c(C#N)c2ccc(OC)cc21. The third-order valence-electron chi connectivity index (χ3n) is 4.86. The number of methoxy groups -OCH3 is 1. The fourth-order valence-corrected chi connectivity index (χ4v) is 3.51. The number of furan rings is 1. The van der Waals surface area contributed by atoms with Crippen LogP contribution in [-0.2, 0) is 6.54 Å². The summed E-state index contributed by atoms with van der Waals surface area (Å²) >= 11 is 0. The number of nitrogens with one attached hydrogen (secondary N) is 1. The standard InChI is InChI=1S/C23H19N3O3/c1-3-26-20-13-17(28-2)10-11-18(20)19(14-24)22(26)15-6-8-16(9-7-15)25-23(27)21-5-4-12-29-21/h4-13H,3H2,1-2H3,(H,25,27). The van der Waals surface area contributed by atoms with Crippen molar-refractivity contribution in [3.8, 4) is 23.1 Å². The first-order valence-corrected chi connectivity index (χ1v) is 9.22. The highest BCUT2D eigenvalue weighted by Gasteiger charge is 2.18. The molecule has 6 heteroatoms. The molecule has 0 unspecified atom stereocenters. The summed E-state index contributed by atoms with van der Waals surface area (Å²) in [7, 11) is 1.63. The zero-order chi connectivity index (χ0) is 20.4. The molecule has 0 saturated heterocycles. The minimum absolute atomic E-state index is 0.251. The molecule has 0 aliphatic heterocycles. The second kappa shape index (κ2) is 7.56. The van der Waals surface area contributed by atoms with Crippen LogP contribution < -0.4 is 10.1 Å². The van der Waals surface area contributed by atoms with Crippen molar-refractivity contribution in [2.75, 3.05) is 12.4 Å². The molecule has 4 aromatic rings. The lowest BCUT2D eigenvalue weighted by Crippen LogP contribution is -2.10. The number of hydrogen-bond donors (Lipinski definition) is 1. The van der Waals surface area contributed by atoms with Crippen LogP contribution in [0.1, 0.15) is 23.0 Å². The summed E-state index contributed by atoms with van der Waals surface area (Å²) in [5, 5.41) is 13.5. The molecule has 0 radical (unpaired) electrons. The number of carbonyl (C=O) groups is 1. The van der Waals surface area contributed by atoms with Crippen LogP contribution >= 0.6 is 0 Å². The van der Waals surface area contributed by atoms with Gasteiger partial charge < -0.3 is 19.0 Å². The lowest BCUT2D eigenvalue weighted by atomic mass is 10.1. The number of carbonyl (C=O) groups excluding carboxylic acids is 1. The Kier molecular flexibility index (Phi) is 4.80. The number of fused-ring (bicyclic) bond motifs is 1. The Hall–Kier alpha value is -3.98. The molecule has 2 aromatic heterocycles. The van der Waals surface area contributed by atoms with E-state index in [-0.39, 0.29) is 11.7 Å². The van der Waals surface area contributed by atoms with E-state index in [1.807, 2.05) is 49.4 Å². The lowest BCUT2D eigenvalue weighted by molar-refractivity contribution is 0.0996. The normalized spacial score (nSPS) is 10.7. The maximum Gasteiger partial charge on any atom is 0.291 e. The summed E-state index contributed by atoms with van der Waals surface area (Å²) in [6, 6.07) is 18.8. The predicted molar refractivity (Wildman–Crippen MR) is 111 cm³/mol. The van der Waals surface area contributed by atoms with Crippen LogP contribution in [0, 0.1) is 11.3 Å². The van der Waals surface area contributed by atoms with E-state index in [9.17, 15) is 10.1 Å². The van der Waals surface area contributed by atoms with E-state index in [1.54, 1.807) is 19.2 Å². The number of aryl methyl sites for hydroxylation is 1. The maximum absolute atomic E-state index is 12.1. The predicted octanol–water partition coefficient (Wildman–Crippen LogP) is 5.05. The molecule has 0 spiro atoms. The van der Waals surface area contributed by atoms with Gasteiger partial charge in [0, 0.05) is 23.7 Å². The number of benzene rings is 2. The van der Waals surface area contributed by atoms with Crippen LogP contribution in [0.2, 0.25) is 0 Å². The molecule has 6 nitrogen and oxygen atoms in total. The zero-order valence-electron chi connectivity index (χ0n) is 16.1. The van der Waals surface area contributed by atoms with Crippen molar-refractivity contribution in [3.05, 3.63) is 72.2 Å². The van der Waals surface area contributed by atoms with Gasteiger partial charge in [0.05, 0.1) is 30.1 Å². The summed E-state index contributed by atoms with van der Waals surface area (Å²) < 4.78 is 12.6. The van der Waals surface area contributed by atoms with Crippen molar-refractivity contribution < 1.29 is 13.9 Å². The number of nitriles is 1. The first-order valence-electron chi connectivity index (χ1n) is 9.22. The number of anilines is 1. The molecule has 29 heavy (non-hydrogen) atoms. The maximum atomic E-state index is 12.1. The van der Waals surface area contributed by atoms with Crippen LogP contribution in [-0.4, -0.2) is 17.6 Å². The van der Waals surface area contributed by atoms with Gasteiger partial charge in [-0.3, -0.25) is 4.79 Å². The van der Waals surface area contributed by atoms with E-state index in [0.717, 1.165) is 27.9 Å². The molecule has 4 rings (SSSR count). The van der Waals surface area contributed by atoms with E-state index < -0.39 is 0 Å². The fraction of sp³-hybridized carbons (Fsp3) is 0.130. The smallest absolute Gasteiger partial charge is 0.291 e.